The van der Waals surface area contributed by atoms with Crippen molar-refractivity contribution in [2.75, 3.05) is 23.8 Å². The SMILES string of the molecule is CCCOc1cncc(N(CC)Cc2ccc(N)cc2)n1. The summed E-state index contributed by atoms with van der Waals surface area (Å²) in [4.78, 5) is 10.9. The van der Waals surface area contributed by atoms with Gasteiger partial charge < -0.3 is 15.4 Å². The van der Waals surface area contributed by atoms with Crippen LogP contribution in [-0.2, 0) is 6.54 Å². The molecule has 0 saturated heterocycles. The Morgan fingerprint density at radius 2 is 1.90 bits per heavy atom. The molecular formula is C16H22N4O. The van der Waals surface area contributed by atoms with Crippen LogP contribution in [0.1, 0.15) is 25.8 Å². The normalized spacial score (nSPS) is 10.4. The van der Waals surface area contributed by atoms with Gasteiger partial charge in [-0.1, -0.05) is 19.1 Å². The molecule has 2 rings (SSSR count). The van der Waals surface area contributed by atoms with Gasteiger partial charge in [-0.2, -0.15) is 4.98 Å². The molecule has 1 aromatic carbocycles. The molecule has 0 aliphatic heterocycles. The molecular weight excluding hydrogens is 264 g/mol. The third kappa shape index (κ3) is 4.34. The highest BCUT2D eigenvalue weighted by Crippen LogP contribution is 2.17. The van der Waals surface area contributed by atoms with Crippen LogP contribution in [0.2, 0.25) is 0 Å². The number of nitrogen functional groups attached to an aromatic ring is 1. The quantitative estimate of drug-likeness (QED) is 0.793. The molecule has 0 radical (unpaired) electrons. The van der Waals surface area contributed by atoms with Gasteiger partial charge in [0.05, 0.1) is 19.0 Å². The van der Waals surface area contributed by atoms with Crippen molar-refractivity contribution in [3.05, 3.63) is 42.2 Å². The van der Waals surface area contributed by atoms with Gasteiger partial charge in [-0.25, -0.2) is 0 Å². The molecule has 2 aromatic rings. The molecule has 0 amide bonds. The fraction of sp³-hybridized carbons (Fsp3) is 0.375. The lowest BCUT2D eigenvalue weighted by Crippen LogP contribution is -2.23. The van der Waals surface area contributed by atoms with E-state index in [4.69, 9.17) is 10.5 Å². The number of benzene rings is 1. The lowest BCUT2D eigenvalue weighted by atomic mass is 10.2. The topological polar surface area (TPSA) is 64.3 Å². The maximum atomic E-state index is 5.71. The van der Waals surface area contributed by atoms with Crippen LogP contribution in [0.3, 0.4) is 0 Å². The standard InChI is InChI=1S/C16H22N4O/c1-3-9-21-16-11-18-10-15(19-16)20(4-2)12-13-5-7-14(17)8-6-13/h5-8,10-11H,3-4,9,12,17H2,1-2H3. The molecule has 0 aliphatic carbocycles. The van der Waals surface area contributed by atoms with Gasteiger partial charge in [-0.3, -0.25) is 4.98 Å². The summed E-state index contributed by atoms with van der Waals surface area (Å²) in [5, 5.41) is 0. The van der Waals surface area contributed by atoms with Crippen LogP contribution in [0.15, 0.2) is 36.7 Å². The first-order valence-electron chi connectivity index (χ1n) is 7.27. The summed E-state index contributed by atoms with van der Waals surface area (Å²) in [5.74, 6) is 1.40. The highest BCUT2D eigenvalue weighted by Gasteiger charge is 2.09. The van der Waals surface area contributed by atoms with Crippen LogP contribution < -0.4 is 15.4 Å². The van der Waals surface area contributed by atoms with E-state index in [1.807, 2.05) is 24.3 Å². The average molecular weight is 286 g/mol. The first kappa shape index (κ1) is 15.1. The maximum absolute atomic E-state index is 5.71. The molecule has 112 valence electrons. The van der Waals surface area contributed by atoms with E-state index in [-0.39, 0.29) is 0 Å². The van der Waals surface area contributed by atoms with Crippen LogP contribution in [0.5, 0.6) is 5.88 Å². The Morgan fingerprint density at radius 3 is 2.57 bits per heavy atom. The molecule has 21 heavy (non-hydrogen) atoms. The van der Waals surface area contributed by atoms with E-state index in [9.17, 15) is 0 Å². The number of ether oxygens (including phenoxy) is 1. The minimum absolute atomic E-state index is 0.574. The molecule has 0 fully saturated rings. The molecule has 1 heterocycles. The van der Waals surface area contributed by atoms with Gasteiger partial charge in [0.1, 0.15) is 0 Å². The number of nitrogens with zero attached hydrogens (tertiary/aromatic N) is 3. The second-order valence-electron chi connectivity index (χ2n) is 4.82. The van der Waals surface area contributed by atoms with E-state index in [1.54, 1.807) is 12.4 Å². The van der Waals surface area contributed by atoms with Crippen LogP contribution in [0.4, 0.5) is 11.5 Å². The molecule has 2 N–H and O–H groups in total. The number of rotatable bonds is 7. The van der Waals surface area contributed by atoms with Crippen LogP contribution >= 0.6 is 0 Å². The molecule has 0 atom stereocenters. The number of anilines is 2. The predicted molar refractivity (Wildman–Crippen MR) is 85.4 cm³/mol. The molecule has 5 heteroatoms. The summed E-state index contributed by atoms with van der Waals surface area (Å²) in [6.07, 6.45) is 4.37. The highest BCUT2D eigenvalue weighted by atomic mass is 16.5. The maximum Gasteiger partial charge on any atom is 0.234 e. The van der Waals surface area contributed by atoms with Crippen molar-refractivity contribution >= 4 is 11.5 Å². The van der Waals surface area contributed by atoms with Crippen molar-refractivity contribution < 1.29 is 4.74 Å². The first-order valence-corrected chi connectivity index (χ1v) is 7.27. The van der Waals surface area contributed by atoms with Crippen molar-refractivity contribution in [3.8, 4) is 5.88 Å². The number of aromatic nitrogens is 2. The zero-order valence-corrected chi connectivity index (χ0v) is 12.6. The fourth-order valence-corrected chi connectivity index (χ4v) is 1.97. The second kappa shape index (κ2) is 7.47. The van der Waals surface area contributed by atoms with Crippen molar-refractivity contribution in [2.45, 2.75) is 26.8 Å². The lowest BCUT2D eigenvalue weighted by Gasteiger charge is -2.22. The van der Waals surface area contributed by atoms with Gasteiger partial charge >= 0.3 is 0 Å². The molecule has 0 spiro atoms. The van der Waals surface area contributed by atoms with Gasteiger partial charge in [0.2, 0.25) is 5.88 Å². The number of hydrogen-bond donors (Lipinski definition) is 1. The molecule has 0 bridgehead atoms. The Labute approximate surface area is 125 Å². The van der Waals surface area contributed by atoms with Crippen molar-refractivity contribution in [3.63, 3.8) is 0 Å². The Hall–Kier alpha value is -2.30. The predicted octanol–water partition coefficient (Wildman–Crippen LogP) is 2.87. The van der Waals surface area contributed by atoms with E-state index in [1.165, 1.54) is 5.56 Å². The third-order valence-corrected chi connectivity index (χ3v) is 3.11. The van der Waals surface area contributed by atoms with Crippen molar-refractivity contribution in [1.29, 1.82) is 0 Å². The Kier molecular flexibility index (Phi) is 5.37. The summed E-state index contributed by atoms with van der Waals surface area (Å²) in [6, 6.07) is 7.89. The Balaban J connectivity index is 2.11. The minimum atomic E-state index is 0.574. The lowest BCUT2D eigenvalue weighted by molar-refractivity contribution is 0.304. The van der Waals surface area contributed by atoms with E-state index in [0.717, 1.165) is 31.0 Å². The smallest absolute Gasteiger partial charge is 0.234 e. The van der Waals surface area contributed by atoms with Gasteiger partial charge in [0.15, 0.2) is 5.82 Å². The number of hydrogen-bond acceptors (Lipinski definition) is 5. The van der Waals surface area contributed by atoms with E-state index in [0.29, 0.717) is 12.5 Å². The molecule has 0 unspecified atom stereocenters. The van der Waals surface area contributed by atoms with Gasteiger partial charge in [0, 0.05) is 18.8 Å². The van der Waals surface area contributed by atoms with Gasteiger partial charge in [0.25, 0.3) is 0 Å². The largest absolute Gasteiger partial charge is 0.477 e. The summed E-state index contributed by atoms with van der Waals surface area (Å²) in [6.45, 7) is 6.43. The van der Waals surface area contributed by atoms with Crippen molar-refractivity contribution in [2.24, 2.45) is 0 Å². The minimum Gasteiger partial charge on any atom is -0.477 e. The molecule has 1 aromatic heterocycles. The van der Waals surface area contributed by atoms with E-state index >= 15 is 0 Å². The summed E-state index contributed by atoms with van der Waals surface area (Å²) >= 11 is 0. The highest BCUT2D eigenvalue weighted by molar-refractivity contribution is 5.42. The monoisotopic (exact) mass is 286 g/mol. The molecule has 0 saturated carbocycles. The van der Waals surface area contributed by atoms with Gasteiger partial charge in [-0.15, -0.1) is 0 Å². The van der Waals surface area contributed by atoms with E-state index < -0.39 is 0 Å². The first-order chi connectivity index (χ1) is 10.2. The second-order valence-corrected chi connectivity index (χ2v) is 4.82. The fourth-order valence-electron chi connectivity index (χ4n) is 1.97. The van der Waals surface area contributed by atoms with E-state index in [2.05, 4.69) is 28.7 Å². The summed E-state index contributed by atoms with van der Waals surface area (Å²) < 4.78 is 5.54. The van der Waals surface area contributed by atoms with Crippen LogP contribution in [0, 0.1) is 0 Å². The number of nitrogens with two attached hydrogens (primary N) is 1. The molecule has 5 nitrogen and oxygen atoms in total. The van der Waals surface area contributed by atoms with Crippen LogP contribution in [0.25, 0.3) is 0 Å². The third-order valence-electron chi connectivity index (χ3n) is 3.11. The molecule has 0 aliphatic rings. The Morgan fingerprint density at radius 1 is 1.14 bits per heavy atom. The summed E-state index contributed by atoms with van der Waals surface area (Å²) in [7, 11) is 0. The zero-order valence-electron chi connectivity index (χ0n) is 12.6. The van der Waals surface area contributed by atoms with Gasteiger partial charge in [-0.05, 0) is 31.0 Å². The van der Waals surface area contributed by atoms with Crippen LogP contribution in [-0.4, -0.2) is 23.1 Å². The summed E-state index contributed by atoms with van der Waals surface area (Å²) in [5.41, 5.74) is 7.68. The Bertz CT molecular complexity index is 556. The zero-order chi connectivity index (χ0) is 15.1. The van der Waals surface area contributed by atoms with Crippen molar-refractivity contribution in [1.82, 2.24) is 9.97 Å². The average Bonchev–Trinajstić information content (AvgIpc) is 2.52.